The third-order valence-electron chi connectivity index (χ3n) is 9.11. The lowest BCUT2D eigenvalue weighted by atomic mass is 9.85. The van der Waals surface area contributed by atoms with Gasteiger partial charge in [0, 0.05) is 12.3 Å². The summed E-state index contributed by atoms with van der Waals surface area (Å²) in [4.78, 5) is 69.0. The van der Waals surface area contributed by atoms with Crippen LogP contribution >= 0.6 is 0 Å². The molecule has 1 heterocycles. The Kier molecular flexibility index (Phi) is 11.0. The van der Waals surface area contributed by atoms with Gasteiger partial charge >= 0.3 is 12.2 Å². The first-order valence-electron chi connectivity index (χ1n) is 17.0. The van der Waals surface area contributed by atoms with Crippen molar-refractivity contribution < 1.29 is 41.9 Å². The number of carbonyl (C=O) groups is 5. The molecule has 4 N–H and O–H groups in total. The predicted molar refractivity (Wildman–Crippen MR) is 186 cm³/mol. The molecule has 0 bridgehead atoms. The van der Waals surface area contributed by atoms with Gasteiger partial charge in [0.25, 0.3) is 5.91 Å². The summed E-state index contributed by atoms with van der Waals surface area (Å²) in [7, 11) is -3.91. The second-order valence-electron chi connectivity index (χ2n) is 15.5. The largest absolute Gasteiger partial charge is 0.444 e. The molecule has 15 heteroatoms. The summed E-state index contributed by atoms with van der Waals surface area (Å²) in [6.45, 7) is 17.6. The standard InChI is InChI=1S/C35H51N5O9S/c1-10-21-14-12-13-20(3)26(21)36-31(44)48-23-17-25(40(19-23)29(42)27(33(4,5)6)37-32(45)49-34(7,8)9)28(41)38-35(18-22(35)11-2)30(43)39-50(46,47)24-15-16-24/h11-14,22-25,27H,2,10,15-19H2,1,3-9H3,(H,36,44)(H,37,45)(H,38,41)(H,39,43)/t22?,23-,25+,27-,35-/m1/s1. The van der Waals surface area contributed by atoms with E-state index in [1.165, 1.54) is 11.0 Å². The van der Waals surface area contributed by atoms with Crippen molar-refractivity contribution in [1.29, 1.82) is 0 Å². The van der Waals surface area contributed by atoms with E-state index in [1.54, 1.807) is 41.5 Å². The highest BCUT2D eigenvalue weighted by Gasteiger charge is 2.62. The van der Waals surface area contributed by atoms with Crippen LogP contribution in [0.1, 0.15) is 85.3 Å². The minimum Gasteiger partial charge on any atom is -0.444 e. The lowest BCUT2D eigenvalue weighted by Crippen LogP contribution is -2.60. The number of amides is 5. The number of para-hydroxylation sites is 1. The zero-order valence-electron chi connectivity index (χ0n) is 30.2. The van der Waals surface area contributed by atoms with Crippen LogP contribution < -0.4 is 20.7 Å². The van der Waals surface area contributed by atoms with Crippen molar-refractivity contribution >= 4 is 45.6 Å². The minimum atomic E-state index is -3.91. The van der Waals surface area contributed by atoms with E-state index in [0.29, 0.717) is 24.9 Å². The van der Waals surface area contributed by atoms with Crippen LogP contribution in [0.3, 0.4) is 0 Å². The van der Waals surface area contributed by atoms with Crippen LogP contribution in [0.5, 0.6) is 0 Å². The second kappa shape index (κ2) is 14.2. The Morgan fingerprint density at radius 1 is 1.08 bits per heavy atom. The molecule has 1 unspecified atom stereocenters. The Morgan fingerprint density at radius 2 is 1.74 bits per heavy atom. The summed E-state index contributed by atoms with van der Waals surface area (Å²) in [5, 5.41) is 7.49. The lowest BCUT2D eigenvalue weighted by molar-refractivity contribution is -0.143. The van der Waals surface area contributed by atoms with Crippen LogP contribution in [-0.2, 0) is 40.3 Å². The van der Waals surface area contributed by atoms with E-state index in [9.17, 15) is 32.4 Å². The number of nitrogens with zero attached hydrogens (tertiary/aromatic N) is 1. The number of anilines is 1. The molecule has 5 amide bonds. The third-order valence-corrected chi connectivity index (χ3v) is 10.9. The van der Waals surface area contributed by atoms with Gasteiger partial charge in [-0.25, -0.2) is 18.0 Å². The van der Waals surface area contributed by atoms with E-state index < -0.39 is 85.8 Å². The molecule has 3 aliphatic rings. The topological polar surface area (TPSA) is 189 Å². The lowest BCUT2D eigenvalue weighted by Gasteiger charge is -2.36. The fourth-order valence-corrected chi connectivity index (χ4v) is 7.48. The molecule has 50 heavy (non-hydrogen) atoms. The first-order chi connectivity index (χ1) is 23.1. The molecule has 14 nitrogen and oxygen atoms in total. The molecular formula is C35H51N5O9S. The maximum atomic E-state index is 14.3. The molecule has 1 saturated heterocycles. The highest BCUT2D eigenvalue weighted by molar-refractivity contribution is 7.91. The molecule has 2 saturated carbocycles. The smallest absolute Gasteiger partial charge is 0.411 e. The fraction of sp³-hybridized carbons (Fsp3) is 0.629. The number of ether oxygens (including phenoxy) is 2. The molecule has 3 fully saturated rings. The van der Waals surface area contributed by atoms with Gasteiger partial charge in [-0.15, -0.1) is 6.58 Å². The van der Waals surface area contributed by atoms with Crippen molar-refractivity contribution in [2.45, 2.75) is 122 Å². The third kappa shape index (κ3) is 8.95. The first-order valence-corrected chi connectivity index (χ1v) is 18.5. The Morgan fingerprint density at radius 3 is 2.28 bits per heavy atom. The van der Waals surface area contributed by atoms with Crippen molar-refractivity contribution in [2.24, 2.45) is 11.3 Å². The van der Waals surface area contributed by atoms with E-state index in [2.05, 4.69) is 27.3 Å². The number of hydrogen-bond donors (Lipinski definition) is 4. The average molecular weight is 718 g/mol. The van der Waals surface area contributed by atoms with Crippen molar-refractivity contribution in [1.82, 2.24) is 20.3 Å². The van der Waals surface area contributed by atoms with Gasteiger partial charge in [-0.3, -0.25) is 24.4 Å². The molecule has 1 aliphatic heterocycles. The van der Waals surface area contributed by atoms with Gasteiger partial charge in [0.2, 0.25) is 21.8 Å². The summed E-state index contributed by atoms with van der Waals surface area (Å²) in [6, 6.07) is 3.22. The first kappa shape index (κ1) is 38.7. The summed E-state index contributed by atoms with van der Waals surface area (Å²) in [5.41, 5.74) is -0.956. The van der Waals surface area contributed by atoms with Crippen LogP contribution in [0, 0.1) is 18.3 Å². The quantitative estimate of drug-likeness (QED) is 0.248. The Labute approximate surface area is 294 Å². The van der Waals surface area contributed by atoms with Gasteiger partial charge < -0.3 is 25.0 Å². The Balaban J connectivity index is 1.60. The number of carbonyl (C=O) groups excluding carboxylic acids is 5. The average Bonchev–Trinajstić information content (AvgIpc) is 3.92. The number of alkyl carbamates (subject to hydrolysis) is 1. The number of rotatable bonds is 11. The molecular weight excluding hydrogens is 666 g/mol. The number of hydrogen-bond acceptors (Lipinski definition) is 9. The van der Waals surface area contributed by atoms with Crippen molar-refractivity contribution in [3.8, 4) is 0 Å². The molecule has 4 rings (SSSR count). The number of benzene rings is 1. The molecule has 0 aromatic heterocycles. The predicted octanol–water partition coefficient (Wildman–Crippen LogP) is 3.68. The van der Waals surface area contributed by atoms with Gasteiger partial charge in [-0.1, -0.05) is 52.0 Å². The fourth-order valence-electron chi connectivity index (χ4n) is 6.12. The number of nitrogens with one attached hydrogen (secondary N) is 4. The van der Waals surface area contributed by atoms with Gasteiger partial charge in [0.15, 0.2) is 0 Å². The highest BCUT2D eigenvalue weighted by Crippen LogP contribution is 2.45. The molecule has 1 aromatic rings. The zero-order valence-corrected chi connectivity index (χ0v) is 31.0. The minimum absolute atomic E-state index is 0.109. The molecule has 0 radical (unpaired) electrons. The van der Waals surface area contributed by atoms with Crippen LogP contribution in [0.25, 0.3) is 0 Å². The molecule has 0 spiro atoms. The zero-order chi connectivity index (χ0) is 37.4. The van der Waals surface area contributed by atoms with Crippen LogP contribution in [-0.4, -0.2) is 84.3 Å². The summed E-state index contributed by atoms with van der Waals surface area (Å²) in [5.74, 6) is -2.81. The van der Waals surface area contributed by atoms with E-state index in [1.807, 2.05) is 32.0 Å². The number of likely N-dealkylation sites (tertiary alicyclic amines) is 1. The van der Waals surface area contributed by atoms with E-state index in [-0.39, 0.29) is 19.4 Å². The van der Waals surface area contributed by atoms with Crippen LogP contribution in [0.4, 0.5) is 15.3 Å². The van der Waals surface area contributed by atoms with Gasteiger partial charge in [-0.05, 0) is 69.9 Å². The molecule has 5 atom stereocenters. The SMILES string of the molecule is C=CC1C[C@]1(NC(=O)[C@@H]1C[C@@H](OC(=O)Nc2c(C)cccc2CC)CN1C(=O)[C@@H](NC(=O)OC(C)(C)C)C(C)(C)C)C(=O)NS(=O)(=O)C1CC1. The highest BCUT2D eigenvalue weighted by atomic mass is 32.2. The Bertz CT molecular complexity index is 1640. The van der Waals surface area contributed by atoms with E-state index in [0.717, 1.165) is 11.1 Å². The summed E-state index contributed by atoms with van der Waals surface area (Å²) >= 11 is 0. The molecule has 1 aromatic carbocycles. The molecule has 2 aliphatic carbocycles. The number of aryl methyl sites for hydroxylation is 2. The maximum absolute atomic E-state index is 14.3. The van der Waals surface area contributed by atoms with E-state index in [4.69, 9.17) is 9.47 Å². The van der Waals surface area contributed by atoms with Gasteiger partial charge in [-0.2, -0.15) is 0 Å². The van der Waals surface area contributed by atoms with Crippen molar-refractivity contribution in [3.63, 3.8) is 0 Å². The monoisotopic (exact) mass is 717 g/mol. The van der Waals surface area contributed by atoms with Gasteiger partial charge in [0.05, 0.1) is 17.5 Å². The number of sulfonamides is 1. The summed E-state index contributed by atoms with van der Waals surface area (Å²) < 4.78 is 38.5. The van der Waals surface area contributed by atoms with Gasteiger partial charge in [0.1, 0.15) is 29.3 Å². The van der Waals surface area contributed by atoms with E-state index >= 15 is 0 Å². The van der Waals surface area contributed by atoms with Crippen LogP contribution in [0.2, 0.25) is 0 Å². The van der Waals surface area contributed by atoms with Crippen molar-refractivity contribution in [3.05, 3.63) is 42.0 Å². The second-order valence-corrected chi connectivity index (χ2v) is 17.4. The van der Waals surface area contributed by atoms with Crippen molar-refractivity contribution in [2.75, 3.05) is 11.9 Å². The van der Waals surface area contributed by atoms with Crippen LogP contribution in [0.15, 0.2) is 30.9 Å². The summed E-state index contributed by atoms with van der Waals surface area (Å²) in [6.07, 6.45) is 0.441. The molecule has 276 valence electrons. The Hall–Kier alpha value is -4.14. The normalized spacial score (nSPS) is 24.0. The maximum Gasteiger partial charge on any atom is 0.411 e.